The Balaban J connectivity index is 3.26. The third kappa shape index (κ3) is 2.12. The Morgan fingerprint density at radius 2 is 2.29 bits per heavy atom. The fourth-order valence-corrected chi connectivity index (χ4v) is 1.29. The van der Waals surface area contributed by atoms with Gasteiger partial charge >= 0.3 is 0 Å². The standard InChI is InChI=1S/C10H8BrNO2/c1-6(11)10(14)9-4-8(13)3-2-7(9)5-12/h2-4,6,13H,1H3. The lowest BCUT2D eigenvalue weighted by Gasteiger charge is -2.05. The van der Waals surface area contributed by atoms with E-state index in [1.54, 1.807) is 6.92 Å². The summed E-state index contributed by atoms with van der Waals surface area (Å²) in [6.07, 6.45) is 0. The van der Waals surface area contributed by atoms with Crippen LogP contribution in [0.3, 0.4) is 0 Å². The lowest BCUT2D eigenvalue weighted by Crippen LogP contribution is -2.11. The van der Waals surface area contributed by atoms with Crippen LogP contribution in [-0.2, 0) is 0 Å². The molecule has 1 rings (SSSR count). The number of phenolic OH excluding ortho intramolecular Hbond substituents is 1. The van der Waals surface area contributed by atoms with Crippen molar-refractivity contribution in [2.45, 2.75) is 11.8 Å². The molecule has 0 fully saturated rings. The quantitative estimate of drug-likeness (QED) is 0.650. The molecule has 1 N–H and O–H groups in total. The average molecular weight is 254 g/mol. The molecular formula is C10H8BrNO2. The molecule has 0 radical (unpaired) electrons. The van der Waals surface area contributed by atoms with Crippen LogP contribution in [0.25, 0.3) is 0 Å². The van der Waals surface area contributed by atoms with Crippen molar-refractivity contribution in [1.82, 2.24) is 0 Å². The van der Waals surface area contributed by atoms with E-state index >= 15 is 0 Å². The zero-order chi connectivity index (χ0) is 10.7. The molecule has 1 unspecified atom stereocenters. The first-order valence-corrected chi connectivity index (χ1v) is 4.89. The molecule has 1 atom stereocenters. The number of nitrogens with zero attached hydrogens (tertiary/aromatic N) is 1. The van der Waals surface area contributed by atoms with Gasteiger partial charge in [0, 0.05) is 5.56 Å². The van der Waals surface area contributed by atoms with E-state index in [1.165, 1.54) is 18.2 Å². The highest BCUT2D eigenvalue weighted by Crippen LogP contribution is 2.19. The molecule has 0 aromatic heterocycles. The van der Waals surface area contributed by atoms with Crippen molar-refractivity contribution in [1.29, 1.82) is 5.26 Å². The van der Waals surface area contributed by atoms with Gasteiger partial charge in [-0.2, -0.15) is 5.26 Å². The van der Waals surface area contributed by atoms with E-state index in [2.05, 4.69) is 15.9 Å². The van der Waals surface area contributed by atoms with Gasteiger partial charge in [0.05, 0.1) is 16.5 Å². The van der Waals surface area contributed by atoms with Crippen LogP contribution in [0, 0.1) is 11.3 Å². The number of benzene rings is 1. The average Bonchev–Trinajstić information content (AvgIpc) is 2.16. The van der Waals surface area contributed by atoms with Gasteiger partial charge in [-0.3, -0.25) is 4.79 Å². The molecule has 1 aromatic carbocycles. The molecule has 0 heterocycles. The molecule has 3 nitrogen and oxygen atoms in total. The van der Waals surface area contributed by atoms with Crippen molar-refractivity contribution < 1.29 is 9.90 Å². The predicted octanol–water partition coefficient (Wildman–Crippen LogP) is 2.23. The molecule has 0 spiro atoms. The molecule has 72 valence electrons. The molecule has 0 aliphatic carbocycles. The maximum absolute atomic E-state index is 11.6. The minimum absolute atomic E-state index is 0.0134. The van der Waals surface area contributed by atoms with Crippen LogP contribution in [0.1, 0.15) is 22.8 Å². The normalized spacial score (nSPS) is 11.8. The van der Waals surface area contributed by atoms with Crippen molar-refractivity contribution >= 4 is 21.7 Å². The number of nitriles is 1. The highest BCUT2D eigenvalue weighted by Gasteiger charge is 2.16. The van der Waals surface area contributed by atoms with Crippen molar-refractivity contribution in [3.05, 3.63) is 29.3 Å². The third-order valence-corrected chi connectivity index (χ3v) is 2.17. The van der Waals surface area contributed by atoms with Crippen molar-refractivity contribution in [2.75, 3.05) is 0 Å². The van der Waals surface area contributed by atoms with Gasteiger partial charge in [-0.05, 0) is 25.1 Å². The molecule has 0 aliphatic heterocycles. The summed E-state index contributed by atoms with van der Waals surface area (Å²) in [5, 5.41) is 17.9. The zero-order valence-corrected chi connectivity index (χ0v) is 9.08. The van der Waals surface area contributed by atoms with Crippen LogP contribution in [-0.4, -0.2) is 15.7 Å². The van der Waals surface area contributed by atoms with Crippen LogP contribution >= 0.6 is 15.9 Å². The molecule has 0 amide bonds. The number of rotatable bonds is 2. The molecule has 0 saturated heterocycles. The van der Waals surface area contributed by atoms with Crippen molar-refractivity contribution in [3.63, 3.8) is 0 Å². The molecular weight excluding hydrogens is 246 g/mol. The summed E-state index contributed by atoms with van der Waals surface area (Å²) in [6.45, 7) is 1.67. The number of carbonyl (C=O) groups excluding carboxylic acids is 1. The first-order valence-electron chi connectivity index (χ1n) is 3.97. The maximum Gasteiger partial charge on any atom is 0.177 e. The lowest BCUT2D eigenvalue weighted by molar-refractivity contribution is 0.0995. The number of Topliss-reactive ketones (excluding diaryl/α,β-unsaturated/α-hetero) is 1. The summed E-state index contributed by atoms with van der Waals surface area (Å²) in [6, 6.07) is 6.02. The monoisotopic (exact) mass is 253 g/mol. The Labute approximate surface area is 90.1 Å². The second kappa shape index (κ2) is 4.25. The second-order valence-corrected chi connectivity index (χ2v) is 4.20. The SMILES string of the molecule is CC(Br)C(=O)c1cc(O)ccc1C#N. The van der Waals surface area contributed by atoms with Crippen LogP contribution in [0.2, 0.25) is 0 Å². The number of hydrogen-bond donors (Lipinski definition) is 1. The third-order valence-electron chi connectivity index (χ3n) is 1.75. The van der Waals surface area contributed by atoms with E-state index in [-0.39, 0.29) is 27.5 Å². The van der Waals surface area contributed by atoms with E-state index in [4.69, 9.17) is 5.26 Å². The summed E-state index contributed by atoms with van der Waals surface area (Å²) in [5.41, 5.74) is 0.524. The van der Waals surface area contributed by atoms with Crippen LogP contribution in [0.15, 0.2) is 18.2 Å². The summed E-state index contributed by atoms with van der Waals surface area (Å²) >= 11 is 3.12. The number of phenols is 1. The summed E-state index contributed by atoms with van der Waals surface area (Å²) in [4.78, 5) is 11.2. The summed E-state index contributed by atoms with van der Waals surface area (Å²) in [5.74, 6) is -0.224. The molecule has 0 saturated carbocycles. The Morgan fingerprint density at radius 1 is 1.64 bits per heavy atom. The molecule has 14 heavy (non-hydrogen) atoms. The Morgan fingerprint density at radius 3 is 2.79 bits per heavy atom. The fourth-order valence-electron chi connectivity index (χ4n) is 1.05. The number of ketones is 1. The molecule has 4 heteroatoms. The Bertz CT molecular complexity index is 407. The lowest BCUT2D eigenvalue weighted by atomic mass is 10.0. The summed E-state index contributed by atoms with van der Waals surface area (Å²) < 4.78 is 0. The van der Waals surface area contributed by atoms with E-state index in [0.717, 1.165) is 0 Å². The van der Waals surface area contributed by atoms with Crippen LogP contribution in [0.4, 0.5) is 0 Å². The van der Waals surface area contributed by atoms with E-state index < -0.39 is 0 Å². The van der Waals surface area contributed by atoms with E-state index in [0.29, 0.717) is 0 Å². The van der Waals surface area contributed by atoms with Crippen LogP contribution < -0.4 is 0 Å². The van der Waals surface area contributed by atoms with Crippen LogP contribution in [0.5, 0.6) is 5.75 Å². The number of halogens is 1. The van der Waals surface area contributed by atoms with Gasteiger partial charge in [0.25, 0.3) is 0 Å². The molecule has 0 bridgehead atoms. The largest absolute Gasteiger partial charge is 0.508 e. The van der Waals surface area contributed by atoms with Gasteiger partial charge < -0.3 is 5.11 Å². The summed E-state index contributed by atoms with van der Waals surface area (Å²) in [7, 11) is 0. The van der Waals surface area contributed by atoms with Gasteiger partial charge in [0.2, 0.25) is 0 Å². The Hall–Kier alpha value is -1.34. The van der Waals surface area contributed by atoms with Gasteiger partial charge in [-0.1, -0.05) is 15.9 Å². The highest BCUT2D eigenvalue weighted by atomic mass is 79.9. The van der Waals surface area contributed by atoms with Gasteiger partial charge in [-0.15, -0.1) is 0 Å². The fraction of sp³-hybridized carbons (Fsp3) is 0.200. The molecule has 0 aliphatic rings. The first kappa shape index (κ1) is 10.7. The zero-order valence-electron chi connectivity index (χ0n) is 7.49. The smallest absolute Gasteiger partial charge is 0.177 e. The number of carbonyl (C=O) groups is 1. The molecule has 1 aromatic rings. The van der Waals surface area contributed by atoms with E-state index in [9.17, 15) is 9.90 Å². The van der Waals surface area contributed by atoms with Crippen molar-refractivity contribution in [3.8, 4) is 11.8 Å². The number of hydrogen-bond acceptors (Lipinski definition) is 3. The van der Waals surface area contributed by atoms with Gasteiger partial charge in [-0.25, -0.2) is 0 Å². The maximum atomic E-state index is 11.6. The number of alkyl halides is 1. The topological polar surface area (TPSA) is 61.1 Å². The Kier molecular flexibility index (Phi) is 3.26. The predicted molar refractivity (Wildman–Crippen MR) is 55.5 cm³/mol. The van der Waals surface area contributed by atoms with Gasteiger partial charge in [0.15, 0.2) is 5.78 Å². The minimum Gasteiger partial charge on any atom is -0.508 e. The van der Waals surface area contributed by atoms with Gasteiger partial charge in [0.1, 0.15) is 5.75 Å². The van der Waals surface area contributed by atoms with E-state index in [1.807, 2.05) is 6.07 Å². The second-order valence-electron chi connectivity index (χ2n) is 2.82. The number of aromatic hydroxyl groups is 1. The highest BCUT2D eigenvalue weighted by molar-refractivity contribution is 9.10. The minimum atomic E-state index is -0.364. The first-order chi connectivity index (χ1) is 6.56. The van der Waals surface area contributed by atoms with Crippen molar-refractivity contribution in [2.24, 2.45) is 0 Å².